The Morgan fingerprint density at radius 3 is 2.00 bits per heavy atom. The second-order valence-corrected chi connectivity index (χ2v) is 2.05. The summed E-state index contributed by atoms with van der Waals surface area (Å²) < 4.78 is 8.94. The maximum Gasteiger partial charge on any atom is 0.350 e. The fraction of sp³-hybridized carbons (Fsp3) is 0.600. The van der Waals surface area contributed by atoms with E-state index in [2.05, 4.69) is 9.47 Å². The highest BCUT2D eigenvalue weighted by atomic mass is 16.7. The highest BCUT2D eigenvalue weighted by Gasteiger charge is 2.52. The molecule has 1 aliphatic rings. The summed E-state index contributed by atoms with van der Waals surface area (Å²) in [5.41, 5.74) is -2.19. The molecular weight excluding hydrogens is 156 g/mol. The smallest absolute Gasteiger partial charge is 0.350 e. The summed E-state index contributed by atoms with van der Waals surface area (Å²) in [4.78, 5) is 20.8. The second kappa shape index (κ2) is 2.48. The Bertz CT molecular complexity index is 175. The topological polar surface area (TPSA) is 93.1 Å². The van der Waals surface area contributed by atoms with Crippen molar-refractivity contribution in [3.8, 4) is 0 Å². The Morgan fingerprint density at radius 1 is 1.27 bits per heavy atom. The van der Waals surface area contributed by atoms with Crippen LogP contribution in [0.25, 0.3) is 0 Å². The van der Waals surface area contributed by atoms with Crippen molar-refractivity contribution < 1.29 is 29.3 Å². The Labute approximate surface area is 61.3 Å². The molecule has 62 valence electrons. The van der Waals surface area contributed by atoms with Crippen LogP contribution in [0, 0.1) is 0 Å². The molecule has 1 saturated heterocycles. The Morgan fingerprint density at radius 2 is 1.82 bits per heavy atom. The zero-order valence-electron chi connectivity index (χ0n) is 5.44. The largest absolute Gasteiger partial charge is 0.479 e. The van der Waals surface area contributed by atoms with Crippen molar-refractivity contribution in [3.63, 3.8) is 0 Å². The van der Waals surface area contributed by atoms with E-state index in [1.807, 2.05) is 0 Å². The maximum atomic E-state index is 10.4. The van der Waals surface area contributed by atoms with Crippen LogP contribution in [-0.4, -0.2) is 41.2 Å². The summed E-state index contributed by atoms with van der Waals surface area (Å²) in [5.74, 6) is -3.08. The van der Waals surface area contributed by atoms with Gasteiger partial charge in [0.25, 0.3) is 5.60 Å². The third-order valence-electron chi connectivity index (χ3n) is 1.38. The average molecular weight is 162 g/mol. The minimum atomic E-state index is -2.19. The predicted octanol–water partition coefficient (Wildman–Crippen LogP) is -1.10. The molecule has 1 aliphatic heterocycles. The van der Waals surface area contributed by atoms with E-state index >= 15 is 0 Å². The molecule has 0 spiro atoms. The zero-order chi connectivity index (χ0) is 8.48. The van der Waals surface area contributed by atoms with Crippen LogP contribution in [0.3, 0.4) is 0 Å². The van der Waals surface area contributed by atoms with Crippen LogP contribution >= 0.6 is 0 Å². The van der Waals surface area contributed by atoms with E-state index in [-0.39, 0.29) is 6.79 Å². The van der Waals surface area contributed by atoms with Crippen LogP contribution in [0.4, 0.5) is 0 Å². The molecule has 1 fully saturated rings. The first-order valence-electron chi connectivity index (χ1n) is 2.78. The highest BCUT2D eigenvalue weighted by Crippen LogP contribution is 2.18. The standard InChI is InChI=1S/C5H6O6/c6-3(7)5(4(8)9)1-10-2-11-5/h1-2H2,(H,6,7)(H,8,9). The van der Waals surface area contributed by atoms with E-state index < -0.39 is 24.1 Å². The molecule has 0 aliphatic carbocycles. The van der Waals surface area contributed by atoms with E-state index in [0.29, 0.717) is 0 Å². The number of hydrogen-bond donors (Lipinski definition) is 2. The van der Waals surface area contributed by atoms with Gasteiger partial charge in [-0.1, -0.05) is 0 Å². The lowest BCUT2D eigenvalue weighted by molar-refractivity contribution is -0.175. The minimum absolute atomic E-state index is 0.293. The van der Waals surface area contributed by atoms with Gasteiger partial charge in [-0.3, -0.25) is 0 Å². The van der Waals surface area contributed by atoms with Crippen molar-refractivity contribution in [2.24, 2.45) is 0 Å². The van der Waals surface area contributed by atoms with Crippen molar-refractivity contribution in [1.82, 2.24) is 0 Å². The average Bonchev–Trinajstić information content (AvgIpc) is 2.34. The number of ether oxygens (including phenoxy) is 2. The van der Waals surface area contributed by atoms with Gasteiger partial charge in [0.2, 0.25) is 0 Å². The molecular formula is C5H6O6. The summed E-state index contributed by atoms with van der Waals surface area (Å²) in [7, 11) is 0. The molecule has 0 aromatic carbocycles. The number of rotatable bonds is 2. The minimum Gasteiger partial charge on any atom is -0.479 e. The van der Waals surface area contributed by atoms with Crippen molar-refractivity contribution in [2.45, 2.75) is 5.60 Å². The van der Waals surface area contributed by atoms with Crippen LogP contribution in [-0.2, 0) is 19.1 Å². The number of carboxylic acid groups (broad SMARTS) is 2. The molecule has 0 saturated carbocycles. The third-order valence-corrected chi connectivity index (χ3v) is 1.38. The molecule has 11 heavy (non-hydrogen) atoms. The van der Waals surface area contributed by atoms with E-state index in [1.165, 1.54) is 0 Å². The molecule has 0 aromatic heterocycles. The van der Waals surface area contributed by atoms with Gasteiger partial charge >= 0.3 is 11.9 Å². The van der Waals surface area contributed by atoms with Crippen LogP contribution in [0.2, 0.25) is 0 Å². The first kappa shape index (κ1) is 7.96. The lowest BCUT2D eigenvalue weighted by Gasteiger charge is -2.14. The van der Waals surface area contributed by atoms with Gasteiger partial charge in [-0.2, -0.15) is 0 Å². The molecule has 6 nitrogen and oxygen atoms in total. The van der Waals surface area contributed by atoms with Crippen molar-refractivity contribution >= 4 is 11.9 Å². The van der Waals surface area contributed by atoms with Gasteiger partial charge in [0.1, 0.15) is 13.4 Å². The normalized spacial score (nSPS) is 21.5. The third kappa shape index (κ3) is 1.06. The molecule has 0 radical (unpaired) electrons. The molecule has 6 heteroatoms. The summed E-state index contributed by atoms with van der Waals surface area (Å²) >= 11 is 0. The molecule has 1 heterocycles. The quantitative estimate of drug-likeness (QED) is 0.500. The Balaban J connectivity index is 2.87. The number of carbonyl (C=O) groups is 2. The molecule has 2 N–H and O–H groups in total. The van der Waals surface area contributed by atoms with E-state index in [1.54, 1.807) is 0 Å². The highest BCUT2D eigenvalue weighted by molar-refractivity contribution is 6.02. The Kier molecular flexibility index (Phi) is 1.79. The van der Waals surface area contributed by atoms with Gasteiger partial charge in [0.15, 0.2) is 0 Å². The van der Waals surface area contributed by atoms with Crippen LogP contribution in [0.5, 0.6) is 0 Å². The van der Waals surface area contributed by atoms with Crippen LogP contribution in [0.15, 0.2) is 0 Å². The lowest BCUT2D eigenvalue weighted by atomic mass is 10.1. The van der Waals surface area contributed by atoms with E-state index in [9.17, 15) is 9.59 Å². The van der Waals surface area contributed by atoms with E-state index in [4.69, 9.17) is 10.2 Å². The number of hydrogen-bond acceptors (Lipinski definition) is 4. The lowest BCUT2D eigenvalue weighted by Crippen LogP contribution is -2.48. The van der Waals surface area contributed by atoms with Gasteiger partial charge in [0.05, 0.1) is 0 Å². The van der Waals surface area contributed by atoms with Gasteiger partial charge in [-0.15, -0.1) is 0 Å². The first-order valence-corrected chi connectivity index (χ1v) is 2.78. The number of carboxylic acids is 2. The first-order chi connectivity index (χ1) is 5.09. The fourth-order valence-electron chi connectivity index (χ4n) is 0.708. The van der Waals surface area contributed by atoms with Crippen LogP contribution in [0.1, 0.15) is 0 Å². The summed E-state index contributed by atoms with van der Waals surface area (Å²) in [6.07, 6.45) is 0. The maximum absolute atomic E-state index is 10.4. The molecule has 0 bridgehead atoms. The summed E-state index contributed by atoms with van der Waals surface area (Å²) in [6, 6.07) is 0. The SMILES string of the molecule is O=C(O)C1(C(=O)O)COCO1. The summed E-state index contributed by atoms with van der Waals surface area (Å²) in [5, 5.41) is 16.9. The summed E-state index contributed by atoms with van der Waals surface area (Å²) in [6.45, 7) is -0.740. The number of aliphatic carboxylic acids is 2. The molecule has 1 rings (SSSR count). The van der Waals surface area contributed by atoms with Crippen molar-refractivity contribution in [1.29, 1.82) is 0 Å². The monoisotopic (exact) mass is 162 g/mol. The fourth-order valence-corrected chi connectivity index (χ4v) is 0.708. The Hall–Kier alpha value is -1.14. The van der Waals surface area contributed by atoms with Crippen molar-refractivity contribution in [2.75, 3.05) is 13.4 Å². The predicted molar refractivity (Wildman–Crippen MR) is 29.9 cm³/mol. The molecule has 0 amide bonds. The van der Waals surface area contributed by atoms with Crippen LogP contribution < -0.4 is 0 Å². The molecule has 0 unspecified atom stereocenters. The van der Waals surface area contributed by atoms with Gasteiger partial charge in [-0.25, -0.2) is 9.59 Å². The second-order valence-electron chi connectivity index (χ2n) is 2.05. The van der Waals surface area contributed by atoms with Gasteiger partial charge in [0, 0.05) is 0 Å². The molecule has 0 aromatic rings. The van der Waals surface area contributed by atoms with E-state index in [0.717, 1.165) is 0 Å². The van der Waals surface area contributed by atoms with Crippen molar-refractivity contribution in [3.05, 3.63) is 0 Å². The van der Waals surface area contributed by atoms with Gasteiger partial charge < -0.3 is 19.7 Å². The molecule has 0 atom stereocenters. The zero-order valence-corrected chi connectivity index (χ0v) is 5.44. The van der Waals surface area contributed by atoms with Gasteiger partial charge in [-0.05, 0) is 0 Å².